The van der Waals surface area contributed by atoms with Gasteiger partial charge in [0.05, 0.1) is 0 Å². The van der Waals surface area contributed by atoms with Crippen molar-refractivity contribution in [3.63, 3.8) is 0 Å². The van der Waals surface area contributed by atoms with Crippen LogP contribution in [0.25, 0.3) is 0 Å². The molecule has 1 atom stereocenters. The topological polar surface area (TPSA) is 81.3 Å². The second-order valence-corrected chi connectivity index (χ2v) is 8.35. The Balaban J connectivity index is 1.49. The smallest absolute Gasteiger partial charge is 0.361 e. The van der Waals surface area contributed by atoms with Crippen molar-refractivity contribution in [2.75, 3.05) is 5.32 Å². The summed E-state index contributed by atoms with van der Waals surface area (Å²) in [6.07, 6.45) is 6.31. The zero-order valence-corrected chi connectivity index (χ0v) is 16.1. The van der Waals surface area contributed by atoms with Crippen LogP contribution in [0.1, 0.15) is 52.4 Å². The van der Waals surface area contributed by atoms with Crippen molar-refractivity contribution >= 4 is 28.9 Å². The number of rotatable bonds is 4. The largest absolute Gasteiger partial charge is 0.588 e. The fourth-order valence-corrected chi connectivity index (χ4v) is 4.78. The summed E-state index contributed by atoms with van der Waals surface area (Å²) in [6.45, 7) is 1.48. The van der Waals surface area contributed by atoms with Crippen molar-refractivity contribution in [2.45, 2.75) is 50.3 Å². The number of hydrogen-bond donors (Lipinski definition) is 2. The van der Waals surface area contributed by atoms with E-state index in [9.17, 15) is 14.1 Å². The van der Waals surface area contributed by atoms with Crippen LogP contribution < -0.4 is 10.0 Å². The van der Waals surface area contributed by atoms with Crippen LogP contribution in [0.4, 0.5) is 10.5 Å². The van der Waals surface area contributed by atoms with Crippen molar-refractivity contribution < 1.29 is 14.1 Å². The SMILES string of the molecule is CC(=O)c1ccc([S+]([O-])NC(=O)Nc2c3c(cc4c2CCC4)CCC3)cc1. The van der Waals surface area contributed by atoms with E-state index in [4.69, 9.17) is 0 Å². The summed E-state index contributed by atoms with van der Waals surface area (Å²) < 4.78 is 15.0. The number of nitrogens with one attached hydrogen (secondary N) is 2. The Morgan fingerprint density at radius 3 is 2.11 bits per heavy atom. The number of fused-ring (bicyclic) bond motifs is 2. The second kappa shape index (κ2) is 7.37. The van der Waals surface area contributed by atoms with Gasteiger partial charge in [-0.15, -0.1) is 4.72 Å². The Kier molecular flexibility index (Phi) is 4.93. The molecule has 0 saturated heterocycles. The summed E-state index contributed by atoms with van der Waals surface area (Å²) in [7, 11) is 0. The van der Waals surface area contributed by atoms with Crippen LogP contribution >= 0.6 is 0 Å². The molecular formula is C21H22N2O3S. The summed E-state index contributed by atoms with van der Waals surface area (Å²) in [6, 6.07) is 8.29. The van der Waals surface area contributed by atoms with E-state index in [1.165, 1.54) is 29.2 Å². The van der Waals surface area contributed by atoms with Gasteiger partial charge in [-0.25, -0.2) is 4.79 Å². The first-order valence-electron chi connectivity index (χ1n) is 9.30. The molecule has 0 bridgehead atoms. The minimum Gasteiger partial charge on any atom is -0.588 e. The van der Waals surface area contributed by atoms with Gasteiger partial charge in [-0.2, -0.15) is 0 Å². The normalized spacial score (nSPS) is 15.8. The highest BCUT2D eigenvalue weighted by atomic mass is 32.2. The maximum absolute atomic E-state index is 12.5. The van der Waals surface area contributed by atoms with E-state index in [0.29, 0.717) is 10.5 Å². The first-order valence-corrected chi connectivity index (χ1v) is 10.4. The Hall–Kier alpha value is -2.31. The summed E-state index contributed by atoms with van der Waals surface area (Å²) in [5.74, 6) is -0.0511. The number of ketones is 1. The van der Waals surface area contributed by atoms with E-state index >= 15 is 0 Å². The van der Waals surface area contributed by atoms with E-state index in [-0.39, 0.29) is 5.78 Å². The first-order chi connectivity index (χ1) is 13.0. The molecule has 140 valence electrons. The minimum absolute atomic E-state index is 0.0511. The minimum atomic E-state index is -1.68. The van der Waals surface area contributed by atoms with Crippen molar-refractivity contribution in [3.8, 4) is 0 Å². The quantitative estimate of drug-likeness (QED) is 0.625. The zero-order valence-electron chi connectivity index (χ0n) is 15.3. The number of hydrogen-bond acceptors (Lipinski definition) is 3. The van der Waals surface area contributed by atoms with E-state index in [2.05, 4.69) is 16.1 Å². The molecule has 0 radical (unpaired) electrons. The van der Waals surface area contributed by atoms with Gasteiger partial charge >= 0.3 is 6.03 Å². The number of Topliss-reactive ketones (excluding diaryl/α,β-unsaturated/α-hetero) is 1. The molecule has 2 aromatic carbocycles. The maximum Gasteiger partial charge on any atom is 0.361 e. The standard InChI is InChI=1S/C21H22N2O3S/c1-13(24)14-8-10-17(11-9-14)27(26)23-21(25)22-20-18-6-2-4-15(18)12-16-5-3-7-19(16)20/h8-12H,2-7H2,1H3,(H2,22,23,25). The fraction of sp³-hybridized carbons (Fsp3) is 0.333. The van der Waals surface area contributed by atoms with Crippen molar-refractivity contribution in [2.24, 2.45) is 0 Å². The Bertz CT molecular complexity index is 876. The Labute approximate surface area is 161 Å². The molecular weight excluding hydrogens is 360 g/mol. The lowest BCUT2D eigenvalue weighted by Crippen LogP contribution is -2.35. The van der Waals surface area contributed by atoms with Gasteiger partial charge in [0.15, 0.2) is 10.7 Å². The number of urea groups is 1. The predicted octanol–water partition coefficient (Wildman–Crippen LogP) is 3.71. The van der Waals surface area contributed by atoms with Gasteiger partial charge in [0, 0.05) is 11.3 Å². The van der Waals surface area contributed by atoms with Crippen LogP contribution in [0.15, 0.2) is 35.2 Å². The molecule has 1 unspecified atom stereocenters. The number of carbonyl (C=O) groups excluding carboxylic acids is 2. The summed E-state index contributed by atoms with van der Waals surface area (Å²) in [4.78, 5) is 24.3. The second-order valence-electron chi connectivity index (χ2n) is 7.14. The average molecular weight is 382 g/mol. The third kappa shape index (κ3) is 3.59. The highest BCUT2D eigenvalue weighted by Crippen LogP contribution is 2.38. The van der Waals surface area contributed by atoms with Crippen LogP contribution in [-0.2, 0) is 37.0 Å². The van der Waals surface area contributed by atoms with Gasteiger partial charge in [-0.1, -0.05) is 6.07 Å². The molecule has 0 fully saturated rings. The summed E-state index contributed by atoms with van der Waals surface area (Å²) in [5.41, 5.74) is 6.64. The van der Waals surface area contributed by atoms with Crippen LogP contribution in [0, 0.1) is 0 Å². The Morgan fingerprint density at radius 1 is 0.963 bits per heavy atom. The molecule has 2 aliphatic rings. The van der Waals surface area contributed by atoms with Crippen molar-refractivity contribution in [3.05, 3.63) is 58.1 Å². The lowest BCUT2D eigenvalue weighted by atomic mass is 9.99. The first kappa shape index (κ1) is 18.1. The molecule has 0 saturated carbocycles. The summed E-state index contributed by atoms with van der Waals surface area (Å²) >= 11 is -1.68. The monoisotopic (exact) mass is 382 g/mol. The molecule has 0 aromatic heterocycles. The van der Waals surface area contributed by atoms with Gasteiger partial charge in [0.25, 0.3) is 0 Å². The maximum atomic E-state index is 12.5. The molecule has 0 aliphatic heterocycles. The van der Waals surface area contributed by atoms with Gasteiger partial charge in [-0.3, -0.25) is 4.79 Å². The zero-order chi connectivity index (χ0) is 19.0. The van der Waals surface area contributed by atoms with Gasteiger partial charge < -0.3 is 9.87 Å². The molecule has 6 heteroatoms. The fourth-order valence-electron chi connectivity index (χ4n) is 4.06. The molecule has 4 rings (SSSR count). The molecule has 0 heterocycles. The average Bonchev–Trinajstić information content (AvgIpc) is 3.30. The molecule has 2 amide bonds. The van der Waals surface area contributed by atoms with E-state index in [1.807, 2.05) is 0 Å². The van der Waals surface area contributed by atoms with Gasteiger partial charge in [0.1, 0.15) is 11.4 Å². The third-order valence-electron chi connectivity index (χ3n) is 5.37. The lowest BCUT2D eigenvalue weighted by Gasteiger charge is -2.17. The van der Waals surface area contributed by atoms with Crippen LogP contribution in [0.5, 0.6) is 0 Å². The van der Waals surface area contributed by atoms with E-state index < -0.39 is 17.4 Å². The van der Waals surface area contributed by atoms with Crippen LogP contribution in [-0.4, -0.2) is 16.4 Å². The molecule has 5 nitrogen and oxygen atoms in total. The number of amides is 2. The predicted molar refractivity (Wildman–Crippen MR) is 106 cm³/mol. The van der Waals surface area contributed by atoms with Gasteiger partial charge in [0.2, 0.25) is 0 Å². The van der Waals surface area contributed by atoms with E-state index in [0.717, 1.165) is 44.2 Å². The van der Waals surface area contributed by atoms with Crippen molar-refractivity contribution in [1.82, 2.24) is 4.72 Å². The Morgan fingerprint density at radius 2 is 1.56 bits per heavy atom. The highest BCUT2D eigenvalue weighted by Gasteiger charge is 2.26. The summed E-state index contributed by atoms with van der Waals surface area (Å²) in [5, 5.41) is 2.98. The molecule has 2 aromatic rings. The van der Waals surface area contributed by atoms with Crippen molar-refractivity contribution in [1.29, 1.82) is 0 Å². The lowest BCUT2D eigenvalue weighted by molar-refractivity contribution is 0.101. The van der Waals surface area contributed by atoms with Crippen LogP contribution in [0.3, 0.4) is 0 Å². The molecule has 27 heavy (non-hydrogen) atoms. The van der Waals surface area contributed by atoms with E-state index in [1.54, 1.807) is 24.3 Å². The molecule has 0 spiro atoms. The number of carbonyl (C=O) groups is 2. The molecule has 2 aliphatic carbocycles. The third-order valence-corrected chi connectivity index (χ3v) is 6.44. The number of anilines is 1. The number of aryl methyl sites for hydroxylation is 2. The highest BCUT2D eigenvalue weighted by molar-refractivity contribution is 7.90. The van der Waals surface area contributed by atoms with Gasteiger partial charge in [-0.05, 0) is 92.0 Å². The van der Waals surface area contributed by atoms with Crippen LogP contribution in [0.2, 0.25) is 0 Å². The number of benzene rings is 2. The molecule has 2 N–H and O–H groups in total.